The molecule has 170 valence electrons. The van der Waals surface area contributed by atoms with Crippen molar-refractivity contribution < 1.29 is 14.3 Å². The number of carbonyl (C=O) groups excluding carboxylic acids is 2. The van der Waals surface area contributed by atoms with Gasteiger partial charge < -0.3 is 15.0 Å². The smallest absolute Gasteiger partial charge is 0.255 e. The van der Waals surface area contributed by atoms with Crippen molar-refractivity contribution in [2.45, 2.75) is 19.3 Å². The van der Waals surface area contributed by atoms with E-state index in [1.54, 1.807) is 43.6 Å². The van der Waals surface area contributed by atoms with Gasteiger partial charge in [0.25, 0.3) is 5.91 Å². The molecule has 0 unspecified atom stereocenters. The Balaban J connectivity index is 1.54. The van der Waals surface area contributed by atoms with Crippen molar-refractivity contribution in [3.8, 4) is 16.9 Å². The van der Waals surface area contributed by atoms with Crippen LogP contribution in [0.2, 0.25) is 0 Å². The Morgan fingerprint density at radius 2 is 1.76 bits per heavy atom. The molecule has 1 aliphatic heterocycles. The molecule has 2 aromatic carbocycles. The summed E-state index contributed by atoms with van der Waals surface area (Å²) in [4.78, 5) is 32.0. The summed E-state index contributed by atoms with van der Waals surface area (Å²) in [7, 11) is 3.32. The SMILES string of the molecule is CNC(=O)[C@@]1(Cc2ccc(-c3ccc(OC)cc3)cc2)CCCN(C(=O)c2cccnc2)C1. The number of hydrogen-bond acceptors (Lipinski definition) is 4. The van der Waals surface area contributed by atoms with Gasteiger partial charge in [-0.15, -0.1) is 0 Å². The first-order valence-electron chi connectivity index (χ1n) is 11.2. The zero-order chi connectivity index (χ0) is 23.3. The van der Waals surface area contributed by atoms with Crippen LogP contribution in [-0.2, 0) is 11.2 Å². The topological polar surface area (TPSA) is 71.5 Å². The maximum atomic E-state index is 13.1. The van der Waals surface area contributed by atoms with Gasteiger partial charge in [0.1, 0.15) is 5.75 Å². The molecule has 1 aliphatic rings. The second kappa shape index (κ2) is 9.86. The highest BCUT2D eigenvalue weighted by Gasteiger charge is 2.43. The molecule has 1 N–H and O–H groups in total. The number of hydrogen-bond donors (Lipinski definition) is 1. The van der Waals surface area contributed by atoms with Crippen LogP contribution in [0.5, 0.6) is 5.75 Å². The molecule has 0 saturated carbocycles. The van der Waals surface area contributed by atoms with Crippen LogP contribution in [0.3, 0.4) is 0 Å². The maximum Gasteiger partial charge on any atom is 0.255 e. The number of benzene rings is 2. The van der Waals surface area contributed by atoms with Gasteiger partial charge in [-0.25, -0.2) is 0 Å². The molecule has 0 aliphatic carbocycles. The van der Waals surface area contributed by atoms with Crippen molar-refractivity contribution in [3.63, 3.8) is 0 Å². The summed E-state index contributed by atoms with van der Waals surface area (Å²) in [5.74, 6) is 0.724. The van der Waals surface area contributed by atoms with E-state index in [1.165, 1.54) is 0 Å². The molecule has 0 bridgehead atoms. The Kier molecular flexibility index (Phi) is 6.73. The minimum atomic E-state index is -0.660. The number of methoxy groups -OCH3 is 1. The number of piperidine rings is 1. The van der Waals surface area contributed by atoms with Crippen molar-refractivity contribution in [1.82, 2.24) is 15.2 Å². The van der Waals surface area contributed by atoms with Gasteiger partial charge in [-0.2, -0.15) is 0 Å². The van der Waals surface area contributed by atoms with Gasteiger partial charge in [-0.1, -0.05) is 36.4 Å². The van der Waals surface area contributed by atoms with Gasteiger partial charge in [-0.05, 0) is 60.2 Å². The molecule has 0 spiro atoms. The Hall–Kier alpha value is -3.67. The molecular formula is C27H29N3O3. The third-order valence-electron chi connectivity index (χ3n) is 6.40. The fourth-order valence-electron chi connectivity index (χ4n) is 4.64. The molecular weight excluding hydrogens is 414 g/mol. The Labute approximate surface area is 194 Å². The summed E-state index contributed by atoms with van der Waals surface area (Å²) < 4.78 is 5.24. The van der Waals surface area contributed by atoms with Crippen LogP contribution >= 0.6 is 0 Å². The average Bonchev–Trinajstić information content (AvgIpc) is 2.89. The quantitative estimate of drug-likeness (QED) is 0.626. The number of nitrogens with one attached hydrogen (secondary N) is 1. The third-order valence-corrected chi connectivity index (χ3v) is 6.40. The number of amides is 2. The first-order valence-corrected chi connectivity index (χ1v) is 11.2. The molecule has 1 saturated heterocycles. The van der Waals surface area contributed by atoms with E-state index < -0.39 is 5.41 Å². The molecule has 6 nitrogen and oxygen atoms in total. The Bertz CT molecular complexity index is 1100. The monoisotopic (exact) mass is 443 g/mol. The number of carbonyl (C=O) groups is 2. The van der Waals surface area contributed by atoms with E-state index in [-0.39, 0.29) is 11.8 Å². The minimum Gasteiger partial charge on any atom is -0.497 e. The zero-order valence-electron chi connectivity index (χ0n) is 19.1. The molecule has 4 rings (SSSR count). The number of pyridine rings is 1. The van der Waals surface area contributed by atoms with E-state index in [1.807, 2.05) is 24.3 Å². The molecule has 1 atom stereocenters. The molecule has 0 radical (unpaired) electrons. The molecule has 2 amide bonds. The van der Waals surface area contributed by atoms with Gasteiger partial charge in [0, 0.05) is 32.5 Å². The van der Waals surface area contributed by atoms with Gasteiger partial charge in [0.05, 0.1) is 18.1 Å². The van der Waals surface area contributed by atoms with E-state index in [2.05, 4.69) is 34.6 Å². The van der Waals surface area contributed by atoms with Gasteiger partial charge in [0.15, 0.2) is 0 Å². The second-order valence-electron chi connectivity index (χ2n) is 8.53. The predicted octanol–water partition coefficient (Wildman–Crippen LogP) is 3.97. The summed E-state index contributed by atoms with van der Waals surface area (Å²) >= 11 is 0. The van der Waals surface area contributed by atoms with Crippen LogP contribution in [-0.4, -0.2) is 48.9 Å². The molecule has 1 fully saturated rings. The molecule has 33 heavy (non-hydrogen) atoms. The molecule has 1 aromatic heterocycles. The molecule has 3 aromatic rings. The lowest BCUT2D eigenvalue weighted by atomic mass is 9.74. The highest BCUT2D eigenvalue weighted by molar-refractivity contribution is 5.94. The summed E-state index contributed by atoms with van der Waals surface area (Å²) in [6.07, 6.45) is 5.33. The number of aromatic nitrogens is 1. The fourth-order valence-corrected chi connectivity index (χ4v) is 4.64. The van der Waals surface area contributed by atoms with E-state index in [9.17, 15) is 9.59 Å². The number of nitrogens with zero attached hydrogens (tertiary/aromatic N) is 2. The molecule has 2 heterocycles. The van der Waals surface area contributed by atoms with Crippen molar-refractivity contribution in [3.05, 3.63) is 84.2 Å². The van der Waals surface area contributed by atoms with Crippen molar-refractivity contribution in [1.29, 1.82) is 0 Å². The summed E-state index contributed by atoms with van der Waals surface area (Å²) in [5, 5.41) is 2.84. The van der Waals surface area contributed by atoms with E-state index >= 15 is 0 Å². The third kappa shape index (κ3) is 4.90. The first kappa shape index (κ1) is 22.5. The zero-order valence-corrected chi connectivity index (χ0v) is 19.1. The van der Waals surface area contributed by atoms with Crippen molar-refractivity contribution in [2.24, 2.45) is 5.41 Å². The van der Waals surface area contributed by atoms with Gasteiger partial charge >= 0.3 is 0 Å². The van der Waals surface area contributed by atoms with E-state index in [0.717, 1.165) is 35.3 Å². The average molecular weight is 444 g/mol. The van der Waals surface area contributed by atoms with Gasteiger partial charge in [-0.3, -0.25) is 14.6 Å². The predicted molar refractivity (Wildman–Crippen MR) is 128 cm³/mol. The number of likely N-dealkylation sites (tertiary alicyclic amines) is 1. The fraction of sp³-hybridized carbons (Fsp3) is 0.296. The highest BCUT2D eigenvalue weighted by atomic mass is 16.5. The van der Waals surface area contributed by atoms with Crippen LogP contribution in [0.4, 0.5) is 0 Å². The van der Waals surface area contributed by atoms with E-state index in [0.29, 0.717) is 25.1 Å². The Morgan fingerprint density at radius 3 is 2.36 bits per heavy atom. The highest BCUT2D eigenvalue weighted by Crippen LogP contribution is 2.35. The van der Waals surface area contributed by atoms with Crippen LogP contribution in [0.15, 0.2) is 73.1 Å². The van der Waals surface area contributed by atoms with Crippen LogP contribution in [0.25, 0.3) is 11.1 Å². The van der Waals surface area contributed by atoms with Crippen LogP contribution in [0, 0.1) is 5.41 Å². The Morgan fingerprint density at radius 1 is 1.06 bits per heavy atom. The normalized spacial score (nSPS) is 17.9. The van der Waals surface area contributed by atoms with Crippen molar-refractivity contribution in [2.75, 3.05) is 27.2 Å². The summed E-state index contributed by atoms with van der Waals surface area (Å²) in [6.45, 7) is 1.03. The van der Waals surface area contributed by atoms with Crippen molar-refractivity contribution >= 4 is 11.8 Å². The first-order chi connectivity index (χ1) is 16.0. The maximum absolute atomic E-state index is 13.1. The second-order valence-corrected chi connectivity index (χ2v) is 8.53. The van der Waals surface area contributed by atoms with Gasteiger partial charge in [0.2, 0.25) is 5.91 Å². The summed E-state index contributed by atoms with van der Waals surface area (Å²) in [6, 6.07) is 19.8. The molecule has 6 heteroatoms. The standard InChI is InChI=1S/C27H29N3O3/c1-28-26(32)27(14-4-16-30(19-27)25(31)23-5-3-15-29-18-23)17-20-6-8-21(9-7-20)22-10-12-24(33-2)13-11-22/h3,5-13,15,18H,4,14,16-17,19H2,1-2H3,(H,28,32)/t27-/m1/s1. The summed E-state index contributed by atoms with van der Waals surface area (Å²) in [5.41, 5.74) is 3.18. The number of ether oxygens (including phenoxy) is 1. The minimum absolute atomic E-state index is 0.0228. The largest absolute Gasteiger partial charge is 0.497 e. The lowest BCUT2D eigenvalue weighted by Crippen LogP contribution is -2.54. The van der Waals surface area contributed by atoms with Crippen LogP contribution in [0.1, 0.15) is 28.8 Å². The lowest BCUT2D eigenvalue weighted by Gasteiger charge is -2.41. The van der Waals surface area contributed by atoms with Crippen LogP contribution < -0.4 is 10.1 Å². The van der Waals surface area contributed by atoms with E-state index in [4.69, 9.17) is 4.74 Å². The lowest BCUT2D eigenvalue weighted by molar-refractivity contribution is -0.133. The number of rotatable bonds is 6.